The second kappa shape index (κ2) is 11.1. The summed E-state index contributed by atoms with van der Waals surface area (Å²) in [7, 11) is 0. The number of carbonyl (C=O) groups excluding carboxylic acids is 2. The van der Waals surface area contributed by atoms with Crippen LogP contribution in [0.3, 0.4) is 0 Å². The quantitative estimate of drug-likeness (QED) is 0.432. The lowest BCUT2D eigenvalue weighted by molar-refractivity contribution is -0.149. The van der Waals surface area contributed by atoms with E-state index < -0.39 is 23.4 Å². The fraction of sp³-hybridized carbons (Fsp3) is 0.393. The second-order valence-corrected chi connectivity index (χ2v) is 9.16. The molecule has 2 aliphatic rings. The van der Waals surface area contributed by atoms with Gasteiger partial charge in [-0.15, -0.1) is 0 Å². The Hall–Kier alpha value is -3.79. The van der Waals surface area contributed by atoms with E-state index in [4.69, 9.17) is 4.74 Å². The van der Waals surface area contributed by atoms with Crippen molar-refractivity contribution in [3.8, 4) is 23.0 Å². The van der Waals surface area contributed by atoms with Crippen LogP contribution in [0.1, 0.15) is 55.6 Å². The van der Waals surface area contributed by atoms with Gasteiger partial charge < -0.3 is 20.5 Å². The van der Waals surface area contributed by atoms with Gasteiger partial charge in [0.2, 0.25) is 0 Å². The summed E-state index contributed by atoms with van der Waals surface area (Å²) < 4.78 is 5.44. The number of rotatable bonds is 6. The maximum absolute atomic E-state index is 12.2. The Morgan fingerprint density at radius 2 is 1.51 bits per heavy atom. The van der Waals surface area contributed by atoms with Crippen molar-refractivity contribution in [1.82, 2.24) is 10.6 Å². The van der Waals surface area contributed by atoms with E-state index in [1.165, 1.54) is 0 Å². The summed E-state index contributed by atoms with van der Waals surface area (Å²) in [4.78, 5) is 36.1. The summed E-state index contributed by atoms with van der Waals surface area (Å²) in [6.45, 7) is 0.217. The van der Waals surface area contributed by atoms with Crippen LogP contribution >= 0.6 is 0 Å². The van der Waals surface area contributed by atoms with Gasteiger partial charge in [-0.1, -0.05) is 80.1 Å². The number of carboxylic acid groups (broad SMARTS) is 1. The number of benzene rings is 2. The van der Waals surface area contributed by atoms with Gasteiger partial charge in [0, 0.05) is 12.5 Å². The highest BCUT2D eigenvalue weighted by Crippen LogP contribution is 2.44. The minimum Gasteiger partial charge on any atom is -0.481 e. The lowest BCUT2D eigenvalue weighted by Crippen LogP contribution is -2.42. The smallest absolute Gasteiger partial charge is 0.407 e. The van der Waals surface area contributed by atoms with Crippen molar-refractivity contribution in [3.63, 3.8) is 0 Å². The summed E-state index contributed by atoms with van der Waals surface area (Å²) >= 11 is 0. The van der Waals surface area contributed by atoms with Crippen LogP contribution < -0.4 is 10.6 Å². The predicted octanol–water partition coefficient (Wildman–Crippen LogP) is 4.07. The minimum atomic E-state index is -0.923. The van der Waals surface area contributed by atoms with Crippen molar-refractivity contribution in [1.29, 1.82) is 0 Å². The predicted molar refractivity (Wildman–Crippen MR) is 132 cm³/mol. The van der Waals surface area contributed by atoms with Crippen molar-refractivity contribution in [2.24, 2.45) is 5.41 Å². The summed E-state index contributed by atoms with van der Waals surface area (Å²) in [5.41, 5.74) is 3.65. The SMILES string of the molecule is O=C(C#CCNC(=O)OCC1c2ccccc2-c2ccccc21)NCC1(C(=O)O)CCCCCC1. The number of carbonyl (C=O) groups is 3. The standard InChI is InChI=1S/C28H30N2O5/c31-25(30-19-28(26(32)33)15-7-1-2-8-16-28)14-9-17-29-27(34)35-18-24-22-12-5-3-10-20(22)21-11-4-6-13-23(21)24/h3-6,10-13,24H,1-2,7-8,15-19H2,(H,29,34)(H,30,31)(H,32,33). The van der Waals surface area contributed by atoms with Crippen molar-refractivity contribution in [3.05, 3.63) is 59.7 Å². The molecule has 0 spiro atoms. The summed E-state index contributed by atoms with van der Waals surface area (Å²) in [5, 5.41) is 14.9. The third kappa shape index (κ3) is 5.65. The molecule has 2 amide bonds. The van der Waals surface area contributed by atoms with Crippen molar-refractivity contribution in [2.75, 3.05) is 19.7 Å². The first-order chi connectivity index (χ1) is 17.0. The summed E-state index contributed by atoms with van der Waals surface area (Å²) in [6.07, 6.45) is 4.23. The molecule has 7 nitrogen and oxygen atoms in total. The highest BCUT2D eigenvalue weighted by atomic mass is 16.5. The molecule has 3 N–H and O–H groups in total. The number of hydrogen-bond donors (Lipinski definition) is 3. The molecule has 0 heterocycles. The van der Waals surface area contributed by atoms with Crippen LogP contribution in [0.5, 0.6) is 0 Å². The Kier molecular flexibility index (Phi) is 7.71. The molecule has 0 unspecified atom stereocenters. The number of carboxylic acids is 1. The van der Waals surface area contributed by atoms with Gasteiger partial charge >= 0.3 is 12.1 Å². The van der Waals surface area contributed by atoms with E-state index in [-0.39, 0.29) is 25.6 Å². The molecule has 0 aromatic heterocycles. The molecule has 0 bridgehead atoms. The monoisotopic (exact) mass is 474 g/mol. The molecule has 0 aliphatic heterocycles. The molecular formula is C28H30N2O5. The molecule has 2 aromatic rings. The molecular weight excluding hydrogens is 444 g/mol. The Morgan fingerprint density at radius 3 is 2.11 bits per heavy atom. The fourth-order valence-corrected chi connectivity index (χ4v) is 5.06. The van der Waals surface area contributed by atoms with E-state index in [9.17, 15) is 19.5 Å². The van der Waals surface area contributed by atoms with Gasteiger partial charge in [-0.2, -0.15) is 0 Å². The normalized spacial score (nSPS) is 16.0. The molecule has 35 heavy (non-hydrogen) atoms. The molecule has 2 aliphatic carbocycles. The Morgan fingerprint density at radius 1 is 0.914 bits per heavy atom. The topological polar surface area (TPSA) is 105 Å². The lowest BCUT2D eigenvalue weighted by atomic mass is 9.80. The molecule has 4 rings (SSSR count). The molecule has 2 aromatic carbocycles. The third-order valence-electron chi connectivity index (χ3n) is 6.97. The van der Waals surface area contributed by atoms with Crippen molar-refractivity contribution >= 4 is 18.0 Å². The first-order valence-electron chi connectivity index (χ1n) is 12.1. The van der Waals surface area contributed by atoms with E-state index in [2.05, 4.69) is 46.7 Å². The molecule has 1 saturated carbocycles. The number of fused-ring (bicyclic) bond motifs is 3. The molecule has 0 atom stereocenters. The van der Waals surface area contributed by atoms with Gasteiger partial charge in [0.15, 0.2) is 0 Å². The lowest BCUT2D eigenvalue weighted by Gasteiger charge is -2.27. The van der Waals surface area contributed by atoms with Gasteiger partial charge in [-0.3, -0.25) is 9.59 Å². The van der Waals surface area contributed by atoms with E-state index in [1.807, 2.05) is 24.3 Å². The Bertz CT molecular complexity index is 1110. The average molecular weight is 475 g/mol. The van der Waals surface area contributed by atoms with Crippen molar-refractivity contribution in [2.45, 2.75) is 44.4 Å². The summed E-state index contributed by atoms with van der Waals surface area (Å²) in [6, 6.07) is 16.2. The van der Waals surface area contributed by atoms with E-state index in [1.54, 1.807) is 0 Å². The number of hydrogen-bond acceptors (Lipinski definition) is 4. The average Bonchev–Trinajstić information content (AvgIpc) is 3.00. The van der Waals surface area contributed by atoms with E-state index in [0.29, 0.717) is 12.8 Å². The maximum Gasteiger partial charge on any atom is 0.407 e. The zero-order valence-electron chi connectivity index (χ0n) is 19.6. The largest absolute Gasteiger partial charge is 0.481 e. The van der Waals surface area contributed by atoms with Gasteiger partial charge in [-0.05, 0) is 41.0 Å². The first-order valence-corrected chi connectivity index (χ1v) is 12.1. The van der Waals surface area contributed by atoms with E-state index >= 15 is 0 Å². The van der Waals surface area contributed by atoms with Gasteiger partial charge in [-0.25, -0.2) is 4.79 Å². The number of ether oxygens (including phenoxy) is 1. The Labute approximate surface area is 205 Å². The van der Waals surface area contributed by atoms with Crippen LogP contribution in [0, 0.1) is 17.3 Å². The first kappa shape index (κ1) is 24.3. The fourth-order valence-electron chi connectivity index (χ4n) is 5.06. The molecule has 182 valence electrons. The number of alkyl carbamates (subject to hydrolysis) is 1. The van der Waals surface area contributed by atoms with Crippen LogP contribution in [0.25, 0.3) is 11.1 Å². The van der Waals surface area contributed by atoms with Crippen LogP contribution in [0.15, 0.2) is 48.5 Å². The Balaban J connectivity index is 1.24. The van der Waals surface area contributed by atoms with Gasteiger partial charge in [0.1, 0.15) is 6.61 Å². The second-order valence-electron chi connectivity index (χ2n) is 9.16. The van der Waals surface area contributed by atoms with Crippen LogP contribution in [0.2, 0.25) is 0 Å². The van der Waals surface area contributed by atoms with Gasteiger partial charge in [0.25, 0.3) is 5.91 Å². The highest BCUT2D eigenvalue weighted by molar-refractivity contribution is 5.94. The molecule has 1 fully saturated rings. The van der Waals surface area contributed by atoms with Gasteiger partial charge in [0.05, 0.1) is 12.0 Å². The highest BCUT2D eigenvalue weighted by Gasteiger charge is 2.38. The zero-order chi connectivity index (χ0) is 24.7. The van der Waals surface area contributed by atoms with Crippen LogP contribution in [-0.4, -0.2) is 42.8 Å². The molecule has 0 radical (unpaired) electrons. The zero-order valence-corrected chi connectivity index (χ0v) is 19.6. The maximum atomic E-state index is 12.2. The molecule has 7 heteroatoms. The van der Waals surface area contributed by atoms with Crippen LogP contribution in [-0.2, 0) is 14.3 Å². The third-order valence-corrected chi connectivity index (χ3v) is 6.97. The minimum absolute atomic E-state index is 0.0319. The molecule has 0 saturated heterocycles. The number of nitrogens with one attached hydrogen (secondary N) is 2. The summed E-state index contributed by atoms with van der Waals surface area (Å²) in [5.74, 6) is 3.55. The number of amides is 2. The van der Waals surface area contributed by atoms with Crippen molar-refractivity contribution < 1.29 is 24.2 Å². The van der Waals surface area contributed by atoms with E-state index in [0.717, 1.165) is 47.9 Å². The van der Waals surface area contributed by atoms with Crippen LogP contribution in [0.4, 0.5) is 4.79 Å². The number of aliphatic carboxylic acids is 1.